The summed E-state index contributed by atoms with van der Waals surface area (Å²) in [6.45, 7) is 6.27. The van der Waals surface area contributed by atoms with Gasteiger partial charge in [-0.15, -0.1) is 0 Å². The maximum absolute atomic E-state index is 5.41. The van der Waals surface area contributed by atoms with E-state index < -0.39 is 0 Å². The molecule has 0 atom stereocenters. The Morgan fingerprint density at radius 2 is 2.14 bits per heavy atom. The molecule has 0 fully saturated rings. The molecule has 0 saturated carbocycles. The summed E-state index contributed by atoms with van der Waals surface area (Å²) < 4.78 is 10.3. The summed E-state index contributed by atoms with van der Waals surface area (Å²) in [6, 6.07) is 5.84. The third-order valence-electron chi connectivity index (χ3n) is 2.66. The van der Waals surface area contributed by atoms with Crippen molar-refractivity contribution in [1.29, 1.82) is 0 Å². The molecule has 0 aliphatic rings. The second-order valence-corrected chi connectivity index (χ2v) is 4.40. The quantitative estimate of drug-likeness (QED) is 0.385. The highest BCUT2D eigenvalue weighted by atomic mass is 16.5. The molecule has 1 aromatic heterocycles. The third-order valence-corrected chi connectivity index (χ3v) is 2.66. The van der Waals surface area contributed by atoms with Crippen LogP contribution in [0.5, 0.6) is 0 Å². The van der Waals surface area contributed by atoms with Crippen molar-refractivity contribution < 1.29 is 9.47 Å². The molecule has 1 heterocycles. The lowest BCUT2D eigenvalue weighted by molar-refractivity contribution is 0.0698. The Balaban J connectivity index is 2.23. The summed E-state index contributed by atoms with van der Waals surface area (Å²) in [5, 5.41) is 6.50. The fraction of sp³-hybridized carbons (Fsp3) is 0.600. The fourth-order valence-electron chi connectivity index (χ4n) is 1.62. The third kappa shape index (κ3) is 8.99. The van der Waals surface area contributed by atoms with Gasteiger partial charge in [-0.2, -0.15) is 0 Å². The van der Waals surface area contributed by atoms with E-state index in [4.69, 9.17) is 9.47 Å². The van der Waals surface area contributed by atoms with E-state index in [0.717, 1.165) is 37.8 Å². The van der Waals surface area contributed by atoms with E-state index in [-0.39, 0.29) is 0 Å². The van der Waals surface area contributed by atoms with Crippen LogP contribution in [-0.4, -0.2) is 51.0 Å². The van der Waals surface area contributed by atoms with E-state index >= 15 is 0 Å². The van der Waals surface area contributed by atoms with Crippen LogP contribution in [0.2, 0.25) is 0 Å². The normalized spacial score (nSPS) is 11.4. The summed E-state index contributed by atoms with van der Waals surface area (Å²) in [5.41, 5.74) is 0.956. The van der Waals surface area contributed by atoms with Crippen LogP contribution in [0.15, 0.2) is 29.4 Å². The minimum atomic E-state index is 0.570. The smallest absolute Gasteiger partial charge is 0.191 e. The van der Waals surface area contributed by atoms with Crippen molar-refractivity contribution in [3.63, 3.8) is 0 Å². The van der Waals surface area contributed by atoms with Gasteiger partial charge in [0.15, 0.2) is 5.96 Å². The standard InChI is InChI=1S/C15H26N4O2/c1-3-16-15(18-9-6-10-21-12-11-20-2)19-13-14-7-4-5-8-17-14/h4-5,7-8H,3,6,9-13H2,1-2H3,(H2,16,18,19). The van der Waals surface area contributed by atoms with E-state index in [1.807, 2.05) is 25.1 Å². The largest absolute Gasteiger partial charge is 0.382 e. The first-order valence-electron chi connectivity index (χ1n) is 7.35. The van der Waals surface area contributed by atoms with Crippen molar-refractivity contribution in [3.05, 3.63) is 30.1 Å². The molecule has 0 radical (unpaired) electrons. The minimum absolute atomic E-state index is 0.570. The maximum Gasteiger partial charge on any atom is 0.191 e. The second kappa shape index (κ2) is 12.1. The van der Waals surface area contributed by atoms with Crippen LogP contribution >= 0.6 is 0 Å². The monoisotopic (exact) mass is 294 g/mol. The summed E-state index contributed by atoms with van der Waals surface area (Å²) in [7, 11) is 1.67. The molecule has 118 valence electrons. The fourth-order valence-corrected chi connectivity index (χ4v) is 1.62. The Labute approximate surface area is 127 Å². The van der Waals surface area contributed by atoms with E-state index in [2.05, 4.69) is 20.6 Å². The van der Waals surface area contributed by atoms with Gasteiger partial charge in [0.05, 0.1) is 25.5 Å². The Kier molecular flexibility index (Phi) is 10.0. The number of pyridine rings is 1. The lowest BCUT2D eigenvalue weighted by Crippen LogP contribution is -2.38. The number of hydrogen-bond acceptors (Lipinski definition) is 4. The Hall–Kier alpha value is -1.66. The summed E-state index contributed by atoms with van der Waals surface area (Å²) in [6.07, 6.45) is 2.71. The Bertz CT molecular complexity index is 385. The number of guanidine groups is 1. The first kappa shape index (κ1) is 17.4. The summed E-state index contributed by atoms with van der Waals surface area (Å²) in [4.78, 5) is 8.76. The van der Waals surface area contributed by atoms with Crippen molar-refractivity contribution in [2.75, 3.05) is 40.0 Å². The van der Waals surface area contributed by atoms with Gasteiger partial charge in [0, 0.05) is 33.0 Å². The van der Waals surface area contributed by atoms with Crippen LogP contribution in [0, 0.1) is 0 Å². The molecule has 6 heteroatoms. The number of rotatable bonds is 10. The van der Waals surface area contributed by atoms with Gasteiger partial charge in [0.25, 0.3) is 0 Å². The zero-order valence-corrected chi connectivity index (χ0v) is 13.0. The van der Waals surface area contributed by atoms with Crippen LogP contribution < -0.4 is 10.6 Å². The van der Waals surface area contributed by atoms with Crippen LogP contribution in [-0.2, 0) is 16.0 Å². The molecule has 0 aromatic carbocycles. The molecular formula is C15H26N4O2. The average molecular weight is 294 g/mol. The molecule has 0 saturated heterocycles. The molecule has 0 spiro atoms. The van der Waals surface area contributed by atoms with Gasteiger partial charge in [-0.1, -0.05) is 6.07 Å². The molecule has 0 amide bonds. The zero-order valence-electron chi connectivity index (χ0n) is 13.0. The summed E-state index contributed by atoms with van der Waals surface area (Å²) in [5.74, 6) is 0.806. The first-order valence-corrected chi connectivity index (χ1v) is 7.35. The van der Waals surface area contributed by atoms with Crippen LogP contribution in [0.1, 0.15) is 19.0 Å². The van der Waals surface area contributed by atoms with Gasteiger partial charge >= 0.3 is 0 Å². The van der Waals surface area contributed by atoms with E-state index in [9.17, 15) is 0 Å². The first-order chi connectivity index (χ1) is 10.4. The van der Waals surface area contributed by atoms with E-state index in [1.54, 1.807) is 13.3 Å². The lowest BCUT2D eigenvalue weighted by atomic mass is 10.3. The molecule has 6 nitrogen and oxygen atoms in total. The molecule has 21 heavy (non-hydrogen) atoms. The van der Waals surface area contributed by atoms with Gasteiger partial charge < -0.3 is 20.1 Å². The highest BCUT2D eigenvalue weighted by Gasteiger charge is 1.97. The topological polar surface area (TPSA) is 67.8 Å². The number of aliphatic imine (C=N–C) groups is 1. The maximum atomic E-state index is 5.41. The van der Waals surface area contributed by atoms with Crippen molar-refractivity contribution in [3.8, 4) is 0 Å². The van der Waals surface area contributed by atoms with Gasteiger partial charge in [-0.3, -0.25) is 4.98 Å². The highest BCUT2D eigenvalue weighted by molar-refractivity contribution is 5.79. The number of nitrogens with one attached hydrogen (secondary N) is 2. The summed E-state index contributed by atoms with van der Waals surface area (Å²) >= 11 is 0. The number of hydrogen-bond donors (Lipinski definition) is 2. The van der Waals surface area contributed by atoms with Crippen LogP contribution in [0.25, 0.3) is 0 Å². The SMILES string of the molecule is CCNC(=NCc1ccccn1)NCCCOCCOC. The van der Waals surface area contributed by atoms with E-state index in [0.29, 0.717) is 19.8 Å². The molecule has 0 bridgehead atoms. The molecular weight excluding hydrogens is 268 g/mol. The number of nitrogens with zero attached hydrogens (tertiary/aromatic N) is 2. The van der Waals surface area contributed by atoms with Gasteiger partial charge in [-0.05, 0) is 25.5 Å². The zero-order chi connectivity index (χ0) is 15.2. The van der Waals surface area contributed by atoms with Crippen LogP contribution in [0.3, 0.4) is 0 Å². The number of aromatic nitrogens is 1. The molecule has 2 N–H and O–H groups in total. The Morgan fingerprint density at radius 1 is 1.24 bits per heavy atom. The second-order valence-electron chi connectivity index (χ2n) is 4.40. The van der Waals surface area contributed by atoms with E-state index in [1.165, 1.54) is 0 Å². The predicted octanol–water partition coefficient (Wildman–Crippen LogP) is 1.19. The van der Waals surface area contributed by atoms with Crippen LogP contribution in [0.4, 0.5) is 0 Å². The molecule has 0 aliphatic heterocycles. The highest BCUT2D eigenvalue weighted by Crippen LogP contribution is 1.95. The Morgan fingerprint density at radius 3 is 2.86 bits per heavy atom. The predicted molar refractivity (Wildman–Crippen MR) is 84.4 cm³/mol. The molecule has 0 unspecified atom stereocenters. The average Bonchev–Trinajstić information content (AvgIpc) is 2.52. The molecule has 1 rings (SSSR count). The van der Waals surface area contributed by atoms with Gasteiger partial charge in [-0.25, -0.2) is 4.99 Å². The molecule has 0 aliphatic carbocycles. The number of methoxy groups -OCH3 is 1. The van der Waals surface area contributed by atoms with Gasteiger partial charge in [0.1, 0.15) is 0 Å². The van der Waals surface area contributed by atoms with Crippen molar-refractivity contribution in [2.24, 2.45) is 4.99 Å². The molecule has 1 aromatic rings. The van der Waals surface area contributed by atoms with Crippen molar-refractivity contribution in [2.45, 2.75) is 19.9 Å². The lowest BCUT2D eigenvalue weighted by Gasteiger charge is -2.11. The van der Waals surface area contributed by atoms with Crippen molar-refractivity contribution in [1.82, 2.24) is 15.6 Å². The van der Waals surface area contributed by atoms with Gasteiger partial charge in [0.2, 0.25) is 0 Å². The minimum Gasteiger partial charge on any atom is -0.382 e. The van der Waals surface area contributed by atoms with Crippen molar-refractivity contribution >= 4 is 5.96 Å². The number of ether oxygens (including phenoxy) is 2.